The molecule has 0 unspecified atom stereocenters. The highest BCUT2D eigenvalue weighted by atomic mass is 16.8. The zero-order valence-corrected chi connectivity index (χ0v) is 11.4. The Balaban J connectivity index is 2.24. The average molecular weight is 288 g/mol. The summed E-state index contributed by atoms with van der Waals surface area (Å²) in [6.07, 6.45) is -4.19. The Kier molecular flexibility index (Phi) is 4.24. The average Bonchev–Trinajstić information content (AvgIpc) is 2.74. The Hall–Kier alpha value is -1.67. The van der Waals surface area contributed by atoms with E-state index in [9.17, 15) is 14.4 Å². The van der Waals surface area contributed by atoms with E-state index in [2.05, 4.69) is 0 Å². The molecule has 2 heterocycles. The smallest absolute Gasteiger partial charge is 0.303 e. The largest absolute Gasteiger partial charge is 0.456 e. The van der Waals surface area contributed by atoms with Gasteiger partial charge in [0.2, 0.25) is 0 Å². The summed E-state index contributed by atoms with van der Waals surface area (Å²) in [5, 5.41) is 0. The maximum Gasteiger partial charge on any atom is 0.303 e. The van der Waals surface area contributed by atoms with Crippen molar-refractivity contribution >= 4 is 17.9 Å². The van der Waals surface area contributed by atoms with Crippen molar-refractivity contribution in [1.82, 2.24) is 0 Å². The molecule has 8 heteroatoms. The van der Waals surface area contributed by atoms with E-state index in [-0.39, 0.29) is 6.61 Å². The minimum Gasteiger partial charge on any atom is -0.456 e. The van der Waals surface area contributed by atoms with Gasteiger partial charge in [-0.05, 0) is 0 Å². The van der Waals surface area contributed by atoms with Crippen molar-refractivity contribution in [1.29, 1.82) is 0 Å². The first kappa shape index (κ1) is 14.7. The summed E-state index contributed by atoms with van der Waals surface area (Å²) < 4.78 is 26.2. The van der Waals surface area contributed by atoms with Crippen LogP contribution in [0.15, 0.2) is 0 Å². The van der Waals surface area contributed by atoms with Crippen LogP contribution in [-0.4, -0.2) is 55.2 Å². The van der Waals surface area contributed by atoms with Gasteiger partial charge in [-0.2, -0.15) is 0 Å². The molecule has 0 aromatic rings. The quantitative estimate of drug-likeness (QED) is 0.508. The maximum absolute atomic E-state index is 11.2. The van der Waals surface area contributed by atoms with Crippen LogP contribution in [0.3, 0.4) is 0 Å². The van der Waals surface area contributed by atoms with Crippen LogP contribution >= 0.6 is 0 Å². The molecule has 8 nitrogen and oxygen atoms in total. The second-order valence-electron chi connectivity index (χ2n) is 4.60. The van der Waals surface area contributed by atoms with Gasteiger partial charge >= 0.3 is 17.9 Å². The maximum atomic E-state index is 11.2. The number of esters is 3. The Morgan fingerprint density at radius 2 is 1.35 bits per heavy atom. The summed E-state index contributed by atoms with van der Waals surface area (Å²) >= 11 is 0. The van der Waals surface area contributed by atoms with E-state index in [1.807, 2.05) is 0 Å². The highest BCUT2D eigenvalue weighted by Gasteiger charge is 2.55. The summed E-state index contributed by atoms with van der Waals surface area (Å²) in [5.41, 5.74) is 0. The zero-order valence-electron chi connectivity index (χ0n) is 11.4. The number of rotatable bonds is 3. The van der Waals surface area contributed by atoms with Crippen LogP contribution in [0.25, 0.3) is 0 Å². The highest BCUT2D eigenvalue weighted by Crippen LogP contribution is 2.33. The molecule has 0 amide bonds. The van der Waals surface area contributed by atoms with Gasteiger partial charge < -0.3 is 23.7 Å². The number of hydrogen-bond acceptors (Lipinski definition) is 8. The molecule has 2 saturated heterocycles. The normalized spacial score (nSPS) is 35.2. The molecular formula is C12H16O8. The first-order valence-electron chi connectivity index (χ1n) is 6.17. The molecular weight excluding hydrogens is 272 g/mol. The van der Waals surface area contributed by atoms with Crippen LogP contribution in [-0.2, 0) is 38.1 Å². The van der Waals surface area contributed by atoms with Crippen LogP contribution in [0, 0.1) is 0 Å². The Morgan fingerprint density at radius 3 is 1.90 bits per heavy atom. The topological polar surface area (TPSA) is 97.4 Å². The summed E-state index contributed by atoms with van der Waals surface area (Å²) in [7, 11) is 0. The fourth-order valence-corrected chi connectivity index (χ4v) is 2.31. The molecule has 2 aliphatic rings. The molecule has 2 aliphatic heterocycles. The predicted octanol–water partition coefficient (Wildman–Crippen LogP) is -0.463. The number of ether oxygens (including phenoxy) is 5. The van der Waals surface area contributed by atoms with Crippen LogP contribution in [0.4, 0.5) is 0 Å². The van der Waals surface area contributed by atoms with Gasteiger partial charge in [0.25, 0.3) is 0 Å². The van der Waals surface area contributed by atoms with E-state index in [1.54, 1.807) is 0 Å². The van der Waals surface area contributed by atoms with Gasteiger partial charge in [-0.15, -0.1) is 0 Å². The van der Waals surface area contributed by atoms with E-state index in [0.717, 1.165) is 0 Å². The highest BCUT2D eigenvalue weighted by molar-refractivity contribution is 5.68. The van der Waals surface area contributed by atoms with Gasteiger partial charge in [-0.3, -0.25) is 14.4 Å². The molecule has 0 N–H and O–H groups in total. The monoisotopic (exact) mass is 288 g/mol. The van der Waals surface area contributed by atoms with E-state index < -0.39 is 48.6 Å². The fraction of sp³-hybridized carbons (Fsp3) is 0.750. The predicted molar refractivity (Wildman–Crippen MR) is 61.3 cm³/mol. The van der Waals surface area contributed by atoms with Crippen molar-refractivity contribution in [2.45, 2.75) is 51.5 Å². The van der Waals surface area contributed by atoms with Crippen molar-refractivity contribution in [3.05, 3.63) is 0 Å². The van der Waals surface area contributed by atoms with E-state index in [1.165, 1.54) is 20.8 Å². The minimum atomic E-state index is -0.973. The molecule has 5 atom stereocenters. The van der Waals surface area contributed by atoms with Gasteiger partial charge in [0, 0.05) is 20.8 Å². The van der Waals surface area contributed by atoms with Crippen LogP contribution in [0.1, 0.15) is 20.8 Å². The molecule has 2 fully saturated rings. The summed E-state index contributed by atoms with van der Waals surface area (Å²) in [4.78, 5) is 33.6. The van der Waals surface area contributed by atoms with Crippen molar-refractivity contribution in [3.63, 3.8) is 0 Å². The fourth-order valence-electron chi connectivity index (χ4n) is 2.31. The van der Waals surface area contributed by atoms with Gasteiger partial charge in [0.05, 0.1) is 6.61 Å². The minimum absolute atomic E-state index is 0.165. The van der Waals surface area contributed by atoms with E-state index in [0.29, 0.717) is 0 Å². The molecule has 20 heavy (non-hydrogen) atoms. The van der Waals surface area contributed by atoms with E-state index in [4.69, 9.17) is 23.7 Å². The Bertz CT molecular complexity index is 390. The molecule has 0 radical (unpaired) electrons. The van der Waals surface area contributed by atoms with Crippen molar-refractivity contribution in [2.75, 3.05) is 6.61 Å². The number of hydrogen-bond donors (Lipinski definition) is 0. The number of carbonyl (C=O) groups is 3. The number of fused-ring (bicyclic) bond motifs is 2. The van der Waals surface area contributed by atoms with Crippen molar-refractivity contribution in [3.8, 4) is 0 Å². The molecule has 0 aliphatic carbocycles. The molecule has 0 aromatic carbocycles. The SMILES string of the molecule is CC(=O)O[C@H]1[C@@H](OC(C)=O)[C@@H]2CO[C@@H](O2)[C@@H]1OC(C)=O. The second-order valence-corrected chi connectivity index (χ2v) is 4.60. The Labute approximate surface area is 115 Å². The standard InChI is InChI=1S/C12H16O8/c1-5(13)17-9-8-4-16-12(20-8)11(19-7(3)15)10(9)18-6(2)14/h8-12H,4H2,1-3H3/t8-,9-,10-,11+,12-/m0/s1. The molecule has 0 spiro atoms. The Morgan fingerprint density at radius 1 is 0.850 bits per heavy atom. The lowest BCUT2D eigenvalue weighted by Gasteiger charge is -2.38. The van der Waals surface area contributed by atoms with Gasteiger partial charge in [-0.1, -0.05) is 0 Å². The van der Waals surface area contributed by atoms with Gasteiger partial charge in [-0.25, -0.2) is 0 Å². The van der Waals surface area contributed by atoms with E-state index >= 15 is 0 Å². The third-order valence-corrected chi connectivity index (χ3v) is 2.92. The zero-order chi connectivity index (χ0) is 14.9. The van der Waals surface area contributed by atoms with Crippen LogP contribution in [0.5, 0.6) is 0 Å². The lowest BCUT2D eigenvalue weighted by atomic mass is 10.00. The summed E-state index contributed by atoms with van der Waals surface area (Å²) in [6, 6.07) is 0. The molecule has 2 bridgehead atoms. The second kappa shape index (κ2) is 5.76. The van der Waals surface area contributed by atoms with Gasteiger partial charge in [0.1, 0.15) is 6.10 Å². The van der Waals surface area contributed by atoms with Crippen molar-refractivity contribution < 1.29 is 38.1 Å². The lowest BCUT2D eigenvalue weighted by molar-refractivity contribution is -0.250. The molecule has 0 aromatic heterocycles. The lowest BCUT2D eigenvalue weighted by Crippen LogP contribution is -2.58. The first-order chi connectivity index (χ1) is 9.38. The van der Waals surface area contributed by atoms with Gasteiger partial charge in [0.15, 0.2) is 24.6 Å². The summed E-state index contributed by atoms with van der Waals surface area (Å²) in [5.74, 6) is -1.71. The number of carbonyl (C=O) groups excluding carboxylic acids is 3. The van der Waals surface area contributed by atoms with Crippen LogP contribution < -0.4 is 0 Å². The molecule has 0 saturated carbocycles. The van der Waals surface area contributed by atoms with Crippen LogP contribution in [0.2, 0.25) is 0 Å². The van der Waals surface area contributed by atoms with Crippen molar-refractivity contribution in [2.24, 2.45) is 0 Å². The third kappa shape index (κ3) is 3.07. The first-order valence-corrected chi connectivity index (χ1v) is 6.17. The molecule has 112 valence electrons. The summed E-state index contributed by atoms with van der Waals surface area (Å²) in [6.45, 7) is 3.83. The molecule has 2 rings (SSSR count). The third-order valence-electron chi connectivity index (χ3n) is 2.92.